The van der Waals surface area contributed by atoms with Crippen LogP contribution in [0.1, 0.15) is 35.7 Å². The number of aromatic nitrogens is 1. The Morgan fingerprint density at radius 2 is 1.89 bits per heavy atom. The van der Waals surface area contributed by atoms with Crippen LogP contribution < -0.4 is 5.32 Å². The normalized spacial score (nSPS) is 10.5. The highest BCUT2D eigenvalue weighted by molar-refractivity contribution is 9.10. The predicted octanol–water partition coefficient (Wildman–Crippen LogP) is 4.22. The molecule has 3 nitrogen and oxygen atoms in total. The highest BCUT2D eigenvalue weighted by atomic mass is 79.9. The number of halogens is 1. The molecule has 0 saturated heterocycles. The summed E-state index contributed by atoms with van der Waals surface area (Å²) in [7, 11) is 0. The molecule has 0 fully saturated rings. The number of carbonyl (C=O) groups is 1. The lowest BCUT2D eigenvalue weighted by molar-refractivity contribution is 0.102. The molecule has 1 aromatic carbocycles. The van der Waals surface area contributed by atoms with Crippen molar-refractivity contribution in [1.29, 1.82) is 0 Å². The first kappa shape index (κ1) is 13.7. The van der Waals surface area contributed by atoms with Crippen LogP contribution >= 0.6 is 15.9 Å². The van der Waals surface area contributed by atoms with Crippen LogP contribution in [0, 0.1) is 0 Å². The van der Waals surface area contributed by atoms with Crippen LogP contribution in [0.5, 0.6) is 0 Å². The summed E-state index contributed by atoms with van der Waals surface area (Å²) in [5.41, 5.74) is 2.56. The maximum absolute atomic E-state index is 12.1. The van der Waals surface area contributed by atoms with E-state index in [4.69, 9.17) is 0 Å². The molecule has 4 heteroatoms. The second kappa shape index (κ2) is 5.97. The summed E-state index contributed by atoms with van der Waals surface area (Å²) in [6, 6.07) is 11.3. The van der Waals surface area contributed by atoms with Gasteiger partial charge in [0.25, 0.3) is 5.91 Å². The van der Waals surface area contributed by atoms with Crippen molar-refractivity contribution in [3.8, 4) is 0 Å². The SMILES string of the molecule is CC(C)c1ccc(NC(=O)c2cccnc2Br)cc1. The fourth-order valence-electron chi connectivity index (χ4n) is 1.71. The van der Waals surface area contributed by atoms with Crippen molar-refractivity contribution in [3.05, 3.63) is 58.3 Å². The van der Waals surface area contributed by atoms with Crippen molar-refractivity contribution < 1.29 is 4.79 Å². The number of hydrogen-bond donors (Lipinski definition) is 1. The van der Waals surface area contributed by atoms with E-state index in [1.807, 2.05) is 24.3 Å². The Morgan fingerprint density at radius 1 is 1.21 bits per heavy atom. The summed E-state index contributed by atoms with van der Waals surface area (Å²) in [6.45, 7) is 4.28. The van der Waals surface area contributed by atoms with Gasteiger partial charge in [-0.25, -0.2) is 4.98 Å². The fourth-order valence-corrected chi connectivity index (χ4v) is 2.14. The molecule has 19 heavy (non-hydrogen) atoms. The number of hydrogen-bond acceptors (Lipinski definition) is 2. The van der Waals surface area contributed by atoms with Crippen molar-refractivity contribution in [2.75, 3.05) is 5.32 Å². The molecule has 2 aromatic rings. The number of nitrogens with zero attached hydrogens (tertiary/aromatic N) is 1. The van der Waals surface area contributed by atoms with Crippen LogP contribution in [0.25, 0.3) is 0 Å². The van der Waals surface area contributed by atoms with Crippen LogP contribution in [0.15, 0.2) is 47.2 Å². The average molecular weight is 319 g/mol. The molecule has 0 aliphatic heterocycles. The van der Waals surface area contributed by atoms with Crippen molar-refractivity contribution in [1.82, 2.24) is 4.98 Å². The lowest BCUT2D eigenvalue weighted by Gasteiger charge is -2.09. The van der Waals surface area contributed by atoms with Gasteiger partial charge in [-0.3, -0.25) is 4.79 Å². The number of carbonyl (C=O) groups excluding carboxylic acids is 1. The molecular formula is C15H15BrN2O. The van der Waals surface area contributed by atoms with Crippen LogP contribution in [0.3, 0.4) is 0 Å². The van der Waals surface area contributed by atoms with Crippen LogP contribution in [0.2, 0.25) is 0 Å². The topological polar surface area (TPSA) is 42.0 Å². The van der Waals surface area contributed by atoms with Gasteiger partial charge in [0, 0.05) is 11.9 Å². The monoisotopic (exact) mass is 318 g/mol. The lowest BCUT2D eigenvalue weighted by atomic mass is 10.0. The summed E-state index contributed by atoms with van der Waals surface area (Å²) in [6.07, 6.45) is 1.64. The van der Waals surface area contributed by atoms with E-state index in [1.165, 1.54) is 5.56 Å². The fraction of sp³-hybridized carbons (Fsp3) is 0.200. The molecule has 1 N–H and O–H groups in total. The van der Waals surface area contributed by atoms with E-state index in [2.05, 4.69) is 40.1 Å². The van der Waals surface area contributed by atoms with Gasteiger partial charge in [0.1, 0.15) is 4.60 Å². The highest BCUT2D eigenvalue weighted by Crippen LogP contribution is 2.19. The van der Waals surface area contributed by atoms with Gasteiger partial charge >= 0.3 is 0 Å². The average Bonchev–Trinajstić information content (AvgIpc) is 2.39. The predicted molar refractivity (Wildman–Crippen MR) is 80.4 cm³/mol. The summed E-state index contributed by atoms with van der Waals surface area (Å²) >= 11 is 3.27. The molecule has 0 aliphatic rings. The number of pyridine rings is 1. The largest absolute Gasteiger partial charge is 0.322 e. The van der Waals surface area contributed by atoms with E-state index in [1.54, 1.807) is 18.3 Å². The third-order valence-electron chi connectivity index (χ3n) is 2.84. The molecular weight excluding hydrogens is 304 g/mol. The minimum absolute atomic E-state index is 0.169. The Hall–Kier alpha value is -1.68. The zero-order valence-electron chi connectivity index (χ0n) is 10.9. The van der Waals surface area contributed by atoms with Crippen molar-refractivity contribution in [2.45, 2.75) is 19.8 Å². The van der Waals surface area contributed by atoms with E-state index in [9.17, 15) is 4.79 Å². The van der Waals surface area contributed by atoms with Gasteiger partial charge in [-0.2, -0.15) is 0 Å². The number of rotatable bonds is 3. The first-order valence-corrected chi connectivity index (χ1v) is 6.89. The maximum Gasteiger partial charge on any atom is 0.258 e. The molecule has 0 unspecified atom stereocenters. The first-order valence-electron chi connectivity index (χ1n) is 6.09. The third kappa shape index (κ3) is 3.41. The quantitative estimate of drug-likeness (QED) is 0.861. The molecule has 0 saturated carbocycles. The Bertz CT molecular complexity index is 579. The lowest BCUT2D eigenvalue weighted by Crippen LogP contribution is -2.13. The summed E-state index contributed by atoms with van der Waals surface area (Å²) < 4.78 is 0.548. The van der Waals surface area contributed by atoms with Crippen molar-refractivity contribution in [2.24, 2.45) is 0 Å². The molecule has 2 rings (SSSR count). The van der Waals surface area contributed by atoms with E-state index < -0.39 is 0 Å². The van der Waals surface area contributed by atoms with Crippen molar-refractivity contribution >= 4 is 27.5 Å². The van der Waals surface area contributed by atoms with Gasteiger partial charge in [0.15, 0.2) is 0 Å². The van der Waals surface area contributed by atoms with Crippen LogP contribution in [0.4, 0.5) is 5.69 Å². The van der Waals surface area contributed by atoms with Gasteiger partial charge in [-0.05, 0) is 51.7 Å². The van der Waals surface area contributed by atoms with Crippen LogP contribution in [-0.2, 0) is 0 Å². The molecule has 0 atom stereocenters. The molecule has 0 aliphatic carbocycles. The molecule has 1 heterocycles. The Balaban J connectivity index is 2.13. The number of amides is 1. The van der Waals surface area contributed by atoms with Gasteiger partial charge in [-0.15, -0.1) is 0 Å². The van der Waals surface area contributed by atoms with Crippen molar-refractivity contribution in [3.63, 3.8) is 0 Å². The van der Waals surface area contributed by atoms with Gasteiger partial charge in [0.2, 0.25) is 0 Å². The molecule has 1 amide bonds. The molecule has 1 aromatic heterocycles. The van der Waals surface area contributed by atoms with E-state index in [0.717, 1.165) is 5.69 Å². The Labute approximate surface area is 121 Å². The minimum Gasteiger partial charge on any atom is -0.322 e. The van der Waals surface area contributed by atoms with Gasteiger partial charge < -0.3 is 5.32 Å². The summed E-state index contributed by atoms with van der Waals surface area (Å²) in [5.74, 6) is 0.314. The van der Waals surface area contributed by atoms with E-state index >= 15 is 0 Å². The molecule has 0 bridgehead atoms. The second-order valence-electron chi connectivity index (χ2n) is 4.57. The summed E-state index contributed by atoms with van der Waals surface area (Å²) in [5, 5.41) is 2.86. The standard InChI is InChI=1S/C15H15BrN2O/c1-10(2)11-5-7-12(8-6-11)18-15(19)13-4-3-9-17-14(13)16/h3-10H,1-2H3,(H,18,19). The highest BCUT2D eigenvalue weighted by Gasteiger charge is 2.10. The number of benzene rings is 1. The maximum atomic E-state index is 12.1. The number of anilines is 1. The van der Waals surface area contributed by atoms with E-state index in [0.29, 0.717) is 16.1 Å². The zero-order chi connectivity index (χ0) is 13.8. The molecule has 0 spiro atoms. The Kier molecular flexibility index (Phi) is 4.32. The van der Waals surface area contributed by atoms with Gasteiger partial charge in [0.05, 0.1) is 5.56 Å². The third-order valence-corrected chi connectivity index (χ3v) is 3.47. The Morgan fingerprint density at radius 3 is 2.47 bits per heavy atom. The molecule has 98 valence electrons. The van der Waals surface area contributed by atoms with Crippen LogP contribution in [-0.4, -0.2) is 10.9 Å². The zero-order valence-corrected chi connectivity index (χ0v) is 12.4. The number of nitrogens with one attached hydrogen (secondary N) is 1. The van der Waals surface area contributed by atoms with Gasteiger partial charge in [-0.1, -0.05) is 26.0 Å². The first-order chi connectivity index (χ1) is 9.08. The molecule has 0 radical (unpaired) electrons. The smallest absolute Gasteiger partial charge is 0.258 e. The minimum atomic E-state index is -0.169. The van der Waals surface area contributed by atoms with E-state index in [-0.39, 0.29) is 5.91 Å². The summed E-state index contributed by atoms with van der Waals surface area (Å²) in [4.78, 5) is 16.1. The second-order valence-corrected chi connectivity index (χ2v) is 5.32.